The van der Waals surface area contributed by atoms with Crippen LogP contribution in [-0.4, -0.2) is 16.2 Å². The Morgan fingerprint density at radius 2 is 2.29 bits per heavy atom. The van der Waals surface area contributed by atoms with Crippen LogP contribution in [0.3, 0.4) is 0 Å². The molecule has 0 amide bonds. The van der Waals surface area contributed by atoms with Crippen molar-refractivity contribution in [3.8, 4) is 0 Å². The lowest BCUT2D eigenvalue weighted by Crippen LogP contribution is -2.22. The van der Waals surface area contributed by atoms with Gasteiger partial charge in [-0.2, -0.15) is 4.98 Å². The minimum atomic E-state index is 0.459. The van der Waals surface area contributed by atoms with E-state index >= 15 is 0 Å². The quantitative estimate of drug-likeness (QED) is 0.796. The number of nitrogens with zero attached hydrogens (tertiary/aromatic N) is 2. The molecule has 4 nitrogen and oxygen atoms in total. The minimum absolute atomic E-state index is 0.459. The standard InChI is InChI=1S/C10H17N3O/c1-7(2)11-6-9-12-10(14-13-9)8-4-3-5-8/h7-8,11H,3-6H2,1-2H3. The summed E-state index contributed by atoms with van der Waals surface area (Å²) < 4.78 is 5.20. The molecule has 0 bridgehead atoms. The van der Waals surface area contributed by atoms with Crippen LogP contribution >= 0.6 is 0 Å². The van der Waals surface area contributed by atoms with Crippen molar-refractivity contribution in [2.24, 2.45) is 0 Å². The van der Waals surface area contributed by atoms with E-state index in [4.69, 9.17) is 4.52 Å². The molecule has 0 radical (unpaired) electrons. The predicted molar refractivity (Wildman–Crippen MR) is 52.9 cm³/mol. The van der Waals surface area contributed by atoms with Crippen LogP contribution in [0.2, 0.25) is 0 Å². The van der Waals surface area contributed by atoms with Crippen molar-refractivity contribution >= 4 is 0 Å². The summed E-state index contributed by atoms with van der Waals surface area (Å²) in [6.07, 6.45) is 3.71. The van der Waals surface area contributed by atoms with E-state index in [-0.39, 0.29) is 0 Å². The van der Waals surface area contributed by atoms with Crippen LogP contribution in [0.5, 0.6) is 0 Å². The average molecular weight is 195 g/mol. The molecule has 0 unspecified atom stereocenters. The Hall–Kier alpha value is -0.900. The molecule has 1 aliphatic rings. The molecule has 2 rings (SSSR count). The first-order valence-corrected chi connectivity index (χ1v) is 5.31. The Bertz CT molecular complexity index is 291. The first-order valence-electron chi connectivity index (χ1n) is 5.31. The topological polar surface area (TPSA) is 51.0 Å². The molecule has 1 heterocycles. The van der Waals surface area contributed by atoms with Crippen LogP contribution in [0.15, 0.2) is 4.52 Å². The molecule has 0 aliphatic heterocycles. The van der Waals surface area contributed by atoms with E-state index in [1.54, 1.807) is 0 Å². The van der Waals surface area contributed by atoms with Gasteiger partial charge in [-0.3, -0.25) is 0 Å². The van der Waals surface area contributed by atoms with Crippen LogP contribution in [0.25, 0.3) is 0 Å². The highest BCUT2D eigenvalue weighted by atomic mass is 16.5. The van der Waals surface area contributed by atoms with Crippen LogP contribution in [-0.2, 0) is 6.54 Å². The molecule has 1 N–H and O–H groups in total. The normalized spacial score (nSPS) is 17.4. The van der Waals surface area contributed by atoms with Gasteiger partial charge in [0.2, 0.25) is 5.89 Å². The fourth-order valence-corrected chi connectivity index (χ4v) is 1.46. The van der Waals surface area contributed by atoms with E-state index in [0.29, 0.717) is 18.5 Å². The summed E-state index contributed by atoms with van der Waals surface area (Å²) >= 11 is 0. The van der Waals surface area contributed by atoms with Gasteiger partial charge in [-0.1, -0.05) is 25.4 Å². The number of nitrogens with one attached hydrogen (secondary N) is 1. The SMILES string of the molecule is CC(C)NCc1noc(C2CCC2)n1. The lowest BCUT2D eigenvalue weighted by Gasteiger charge is -2.20. The second-order valence-electron chi connectivity index (χ2n) is 4.21. The zero-order valence-corrected chi connectivity index (χ0v) is 8.79. The maximum absolute atomic E-state index is 5.20. The molecule has 1 fully saturated rings. The molecule has 1 aromatic heterocycles. The molecule has 0 spiro atoms. The lowest BCUT2D eigenvalue weighted by atomic mass is 9.85. The molecule has 0 atom stereocenters. The highest BCUT2D eigenvalue weighted by Gasteiger charge is 2.25. The predicted octanol–water partition coefficient (Wildman–Crippen LogP) is 1.84. The van der Waals surface area contributed by atoms with Crippen molar-refractivity contribution in [3.63, 3.8) is 0 Å². The van der Waals surface area contributed by atoms with Crippen molar-refractivity contribution in [2.75, 3.05) is 0 Å². The van der Waals surface area contributed by atoms with E-state index in [1.807, 2.05) is 0 Å². The largest absolute Gasteiger partial charge is 0.339 e. The fraction of sp³-hybridized carbons (Fsp3) is 0.800. The highest BCUT2D eigenvalue weighted by molar-refractivity contribution is 4.98. The first-order chi connectivity index (χ1) is 6.75. The molecular formula is C10H17N3O. The zero-order chi connectivity index (χ0) is 9.97. The van der Waals surface area contributed by atoms with Crippen LogP contribution in [0.4, 0.5) is 0 Å². The first kappa shape index (κ1) is 9.65. The molecule has 14 heavy (non-hydrogen) atoms. The van der Waals surface area contributed by atoms with E-state index in [2.05, 4.69) is 29.3 Å². The van der Waals surface area contributed by atoms with E-state index in [1.165, 1.54) is 19.3 Å². The smallest absolute Gasteiger partial charge is 0.229 e. The Morgan fingerprint density at radius 1 is 1.50 bits per heavy atom. The summed E-state index contributed by atoms with van der Waals surface area (Å²) in [6, 6.07) is 0.459. The van der Waals surface area contributed by atoms with Crippen LogP contribution in [0.1, 0.15) is 50.7 Å². The maximum Gasteiger partial charge on any atom is 0.229 e. The molecule has 0 saturated heterocycles. The fourth-order valence-electron chi connectivity index (χ4n) is 1.46. The molecule has 0 aromatic carbocycles. The summed E-state index contributed by atoms with van der Waals surface area (Å²) in [5, 5.41) is 7.21. The van der Waals surface area contributed by atoms with Gasteiger partial charge in [-0.05, 0) is 12.8 Å². The third-order valence-corrected chi connectivity index (χ3v) is 2.61. The Morgan fingerprint density at radius 3 is 2.86 bits per heavy atom. The monoisotopic (exact) mass is 195 g/mol. The van der Waals surface area contributed by atoms with Crippen LogP contribution < -0.4 is 5.32 Å². The minimum Gasteiger partial charge on any atom is -0.339 e. The van der Waals surface area contributed by atoms with Gasteiger partial charge in [0.25, 0.3) is 0 Å². The number of aromatic nitrogens is 2. The summed E-state index contributed by atoms with van der Waals surface area (Å²) in [7, 11) is 0. The lowest BCUT2D eigenvalue weighted by molar-refractivity contribution is 0.290. The number of rotatable bonds is 4. The number of hydrogen-bond acceptors (Lipinski definition) is 4. The molecule has 78 valence electrons. The molecule has 1 saturated carbocycles. The zero-order valence-electron chi connectivity index (χ0n) is 8.79. The van der Waals surface area contributed by atoms with Crippen molar-refractivity contribution in [1.29, 1.82) is 0 Å². The van der Waals surface area contributed by atoms with Crippen molar-refractivity contribution < 1.29 is 4.52 Å². The van der Waals surface area contributed by atoms with Crippen molar-refractivity contribution in [3.05, 3.63) is 11.7 Å². The molecule has 1 aliphatic carbocycles. The van der Waals surface area contributed by atoms with Gasteiger partial charge in [-0.15, -0.1) is 0 Å². The molecule has 4 heteroatoms. The second-order valence-corrected chi connectivity index (χ2v) is 4.21. The van der Waals surface area contributed by atoms with Gasteiger partial charge in [0, 0.05) is 12.0 Å². The second kappa shape index (κ2) is 4.09. The summed E-state index contributed by atoms with van der Waals surface area (Å²) in [5.41, 5.74) is 0. The van der Waals surface area contributed by atoms with Crippen molar-refractivity contribution in [2.45, 2.75) is 51.6 Å². The Labute approximate surface area is 84.1 Å². The average Bonchev–Trinajstić information content (AvgIpc) is 2.46. The Kier molecular flexibility index (Phi) is 2.82. The van der Waals surface area contributed by atoms with Gasteiger partial charge in [0.05, 0.1) is 6.54 Å². The summed E-state index contributed by atoms with van der Waals surface area (Å²) in [6.45, 7) is 4.91. The van der Waals surface area contributed by atoms with E-state index in [0.717, 1.165) is 11.7 Å². The Balaban J connectivity index is 1.89. The molecular weight excluding hydrogens is 178 g/mol. The maximum atomic E-state index is 5.20. The summed E-state index contributed by atoms with van der Waals surface area (Å²) in [4.78, 5) is 4.36. The van der Waals surface area contributed by atoms with Gasteiger partial charge in [0.1, 0.15) is 0 Å². The van der Waals surface area contributed by atoms with Gasteiger partial charge < -0.3 is 9.84 Å². The van der Waals surface area contributed by atoms with E-state index < -0.39 is 0 Å². The van der Waals surface area contributed by atoms with Crippen molar-refractivity contribution in [1.82, 2.24) is 15.5 Å². The third kappa shape index (κ3) is 2.12. The van der Waals surface area contributed by atoms with E-state index in [9.17, 15) is 0 Å². The number of hydrogen-bond donors (Lipinski definition) is 1. The van der Waals surface area contributed by atoms with Gasteiger partial charge in [0.15, 0.2) is 5.82 Å². The van der Waals surface area contributed by atoms with Crippen LogP contribution in [0, 0.1) is 0 Å². The molecule has 1 aromatic rings. The van der Waals surface area contributed by atoms with Gasteiger partial charge in [-0.25, -0.2) is 0 Å². The summed E-state index contributed by atoms with van der Waals surface area (Å²) in [5.74, 6) is 2.15. The van der Waals surface area contributed by atoms with Gasteiger partial charge >= 0.3 is 0 Å². The third-order valence-electron chi connectivity index (χ3n) is 2.61. The highest BCUT2D eigenvalue weighted by Crippen LogP contribution is 2.34.